The zero-order valence-electron chi connectivity index (χ0n) is 10.8. The van der Waals surface area contributed by atoms with Crippen LogP contribution in [0.2, 0.25) is 0 Å². The van der Waals surface area contributed by atoms with Gasteiger partial charge in [0.15, 0.2) is 0 Å². The standard InChI is InChI=1S/C14H23NO/c1-5-11-6-8-12(9-7-11)16-10-13(15)14(2,3)4/h6-9,13H,5,10,15H2,1-4H3. The Balaban J connectivity index is 2.48. The summed E-state index contributed by atoms with van der Waals surface area (Å²) in [6.45, 7) is 9.09. The lowest BCUT2D eigenvalue weighted by molar-refractivity contribution is 0.205. The molecule has 0 saturated carbocycles. The van der Waals surface area contributed by atoms with Crippen LogP contribution in [-0.4, -0.2) is 12.6 Å². The van der Waals surface area contributed by atoms with E-state index in [1.54, 1.807) is 0 Å². The van der Waals surface area contributed by atoms with Crippen LogP contribution in [0.1, 0.15) is 33.3 Å². The second kappa shape index (κ2) is 5.35. The normalized spacial score (nSPS) is 13.6. The number of hydrogen-bond donors (Lipinski definition) is 1. The van der Waals surface area contributed by atoms with E-state index in [2.05, 4.69) is 39.8 Å². The van der Waals surface area contributed by atoms with Gasteiger partial charge in [0.1, 0.15) is 12.4 Å². The number of benzene rings is 1. The van der Waals surface area contributed by atoms with Crippen LogP contribution in [-0.2, 0) is 6.42 Å². The first kappa shape index (κ1) is 13.0. The summed E-state index contributed by atoms with van der Waals surface area (Å²) >= 11 is 0. The van der Waals surface area contributed by atoms with Gasteiger partial charge >= 0.3 is 0 Å². The van der Waals surface area contributed by atoms with Crippen molar-refractivity contribution in [1.82, 2.24) is 0 Å². The van der Waals surface area contributed by atoms with Gasteiger partial charge in [0, 0.05) is 6.04 Å². The fraction of sp³-hybridized carbons (Fsp3) is 0.571. The summed E-state index contributed by atoms with van der Waals surface area (Å²) in [5, 5.41) is 0. The predicted molar refractivity (Wildman–Crippen MR) is 68.7 cm³/mol. The van der Waals surface area contributed by atoms with Gasteiger partial charge in [0.25, 0.3) is 0 Å². The average Bonchev–Trinajstić information content (AvgIpc) is 2.25. The molecule has 0 amide bonds. The van der Waals surface area contributed by atoms with Crippen molar-refractivity contribution in [3.8, 4) is 5.75 Å². The van der Waals surface area contributed by atoms with Crippen LogP contribution in [0.3, 0.4) is 0 Å². The third kappa shape index (κ3) is 3.86. The first-order chi connectivity index (χ1) is 7.43. The van der Waals surface area contributed by atoms with Crippen LogP contribution in [0.15, 0.2) is 24.3 Å². The first-order valence-electron chi connectivity index (χ1n) is 5.91. The maximum Gasteiger partial charge on any atom is 0.119 e. The van der Waals surface area contributed by atoms with Crippen molar-refractivity contribution in [2.45, 2.75) is 40.2 Å². The molecule has 0 aliphatic heterocycles. The van der Waals surface area contributed by atoms with Crippen molar-refractivity contribution in [1.29, 1.82) is 0 Å². The Bertz CT molecular complexity index is 311. The molecule has 16 heavy (non-hydrogen) atoms. The number of ether oxygens (including phenoxy) is 1. The van der Waals surface area contributed by atoms with Crippen molar-refractivity contribution in [2.24, 2.45) is 11.1 Å². The van der Waals surface area contributed by atoms with Gasteiger partial charge in [-0.2, -0.15) is 0 Å². The molecule has 2 N–H and O–H groups in total. The molecular weight excluding hydrogens is 198 g/mol. The third-order valence-corrected chi connectivity index (χ3v) is 2.87. The molecule has 0 aliphatic rings. The molecule has 1 rings (SSSR count). The van der Waals surface area contributed by atoms with E-state index >= 15 is 0 Å². The van der Waals surface area contributed by atoms with Gasteiger partial charge in [-0.05, 0) is 29.5 Å². The Morgan fingerprint density at radius 2 is 1.75 bits per heavy atom. The minimum Gasteiger partial charge on any atom is -0.492 e. The number of nitrogens with two attached hydrogens (primary N) is 1. The van der Waals surface area contributed by atoms with Crippen LogP contribution in [0, 0.1) is 5.41 Å². The van der Waals surface area contributed by atoms with Gasteiger partial charge in [0.05, 0.1) is 0 Å². The lowest BCUT2D eigenvalue weighted by atomic mass is 9.88. The van der Waals surface area contributed by atoms with Crippen molar-refractivity contribution in [2.75, 3.05) is 6.61 Å². The monoisotopic (exact) mass is 221 g/mol. The summed E-state index contributed by atoms with van der Waals surface area (Å²) in [5.41, 5.74) is 7.44. The molecule has 0 aromatic heterocycles. The molecular formula is C14H23NO. The fourth-order valence-electron chi connectivity index (χ4n) is 1.26. The van der Waals surface area contributed by atoms with Crippen LogP contribution < -0.4 is 10.5 Å². The molecule has 2 nitrogen and oxygen atoms in total. The number of aryl methyl sites for hydroxylation is 1. The SMILES string of the molecule is CCc1ccc(OCC(N)C(C)(C)C)cc1. The molecule has 1 aromatic rings. The minimum absolute atomic E-state index is 0.0540. The molecule has 1 atom stereocenters. The molecule has 1 unspecified atom stereocenters. The highest BCUT2D eigenvalue weighted by Crippen LogP contribution is 2.19. The maximum absolute atomic E-state index is 6.03. The van der Waals surface area contributed by atoms with E-state index in [0.717, 1.165) is 12.2 Å². The average molecular weight is 221 g/mol. The Kier molecular flexibility index (Phi) is 4.36. The van der Waals surface area contributed by atoms with Crippen LogP contribution >= 0.6 is 0 Å². The lowest BCUT2D eigenvalue weighted by Crippen LogP contribution is -2.40. The van der Waals surface area contributed by atoms with Crippen LogP contribution in [0.25, 0.3) is 0 Å². The Labute approximate surface area is 98.8 Å². The second-order valence-electron chi connectivity index (χ2n) is 5.28. The highest BCUT2D eigenvalue weighted by atomic mass is 16.5. The van der Waals surface area contributed by atoms with Gasteiger partial charge in [-0.15, -0.1) is 0 Å². The van der Waals surface area contributed by atoms with E-state index in [1.165, 1.54) is 5.56 Å². The smallest absolute Gasteiger partial charge is 0.119 e. The zero-order chi connectivity index (χ0) is 12.2. The lowest BCUT2D eigenvalue weighted by Gasteiger charge is -2.26. The summed E-state index contributed by atoms with van der Waals surface area (Å²) in [6, 6.07) is 8.26. The molecule has 0 bridgehead atoms. The van der Waals surface area contributed by atoms with E-state index in [9.17, 15) is 0 Å². The molecule has 0 fully saturated rings. The first-order valence-corrected chi connectivity index (χ1v) is 5.91. The Hall–Kier alpha value is -1.02. The quantitative estimate of drug-likeness (QED) is 0.848. The van der Waals surface area contributed by atoms with E-state index in [4.69, 9.17) is 10.5 Å². The summed E-state index contributed by atoms with van der Waals surface area (Å²) in [6.07, 6.45) is 1.06. The zero-order valence-corrected chi connectivity index (χ0v) is 10.8. The Morgan fingerprint density at radius 1 is 1.19 bits per heavy atom. The summed E-state index contributed by atoms with van der Waals surface area (Å²) in [4.78, 5) is 0. The van der Waals surface area contributed by atoms with Gasteiger partial charge < -0.3 is 10.5 Å². The van der Waals surface area contributed by atoms with Gasteiger partial charge in [-0.3, -0.25) is 0 Å². The summed E-state index contributed by atoms with van der Waals surface area (Å²) < 4.78 is 5.67. The van der Waals surface area contributed by atoms with E-state index in [0.29, 0.717) is 6.61 Å². The topological polar surface area (TPSA) is 35.2 Å². The third-order valence-electron chi connectivity index (χ3n) is 2.87. The fourth-order valence-corrected chi connectivity index (χ4v) is 1.26. The van der Waals surface area contributed by atoms with Gasteiger partial charge in [-0.25, -0.2) is 0 Å². The molecule has 0 radical (unpaired) electrons. The molecule has 1 aromatic carbocycles. The number of rotatable bonds is 4. The summed E-state index contributed by atoms with van der Waals surface area (Å²) in [5.74, 6) is 0.900. The van der Waals surface area contributed by atoms with E-state index in [1.807, 2.05) is 12.1 Å². The van der Waals surface area contributed by atoms with E-state index < -0.39 is 0 Å². The molecule has 0 heterocycles. The Morgan fingerprint density at radius 3 is 2.19 bits per heavy atom. The van der Waals surface area contributed by atoms with Gasteiger partial charge in [0.2, 0.25) is 0 Å². The highest BCUT2D eigenvalue weighted by Gasteiger charge is 2.20. The number of hydrogen-bond acceptors (Lipinski definition) is 2. The van der Waals surface area contributed by atoms with Crippen LogP contribution in [0.4, 0.5) is 0 Å². The van der Waals surface area contributed by atoms with Crippen LogP contribution in [0.5, 0.6) is 5.75 Å². The highest BCUT2D eigenvalue weighted by molar-refractivity contribution is 5.27. The second-order valence-corrected chi connectivity index (χ2v) is 5.28. The van der Waals surface area contributed by atoms with Crippen molar-refractivity contribution in [3.05, 3.63) is 29.8 Å². The molecule has 0 spiro atoms. The van der Waals surface area contributed by atoms with Gasteiger partial charge in [-0.1, -0.05) is 39.8 Å². The largest absolute Gasteiger partial charge is 0.492 e. The maximum atomic E-state index is 6.03. The predicted octanol–water partition coefficient (Wildman–Crippen LogP) is 3.00. The molecule has 2 heteroatoms. The minimum atomic E-state index is 0.0540. The summed E-state index contributed by atoms with van der Waals surface area (Å²) in [7, 11) is 0. The molecule has 0 saturated heterocycles. The van der Waals surface area contributed by atoms with E-state index in [-0.39, 0.29) is 11.5 Å². The van der Waals surface area contributed by atoms with Crippen molar-refractivity contribution < 1.29 is 4.74 Å². The van der Waals surface area contributed by atoms with Crippen molar-refractivity contribution in [3.63, 3.8) is 0 Å². The molecule has 0 aliphatic carbocycles. The molecule has 90 valence electrons. The van der Waals surface area contributed by atoms with Crippen molar-refractivity contribution >= 4 is 0 Å².